The highest BCUT2D eigenvalue weighted by molar-refractivity contribution is 14.0. The smallest absolute Gasteiger partial charge is 0.193 e. The van der Waals surface area contributed by atoms with E-state index < -0.39 is 0 Å². The molecule has 1 aliphatic carbocycles. The molecule has 0 bridgehead atoms. The summed E-state index contributed by atoms with van der Waals surface area (Å²) in [4.78, 5) is 6.75. The minimum atomic E-state index is 0. The van der Waals surface area contributed by atoms with Crippen LogP contribution in [0.4, 0.5) is 0 Å². The van der Waals surface area contributed by atoms with Gasteiger partial charge < -0.3 is 19.7 Å². The van der Waals surface area contributed by atoms with E-state index in [1.807, 2.05) is 7.05 Å². The predicted molar refractivity (Wildman–Crippen MR) is 94.4 cm³/mol. The summed E-state index contributed by atoms with van der Waals surface area (Å²) in [5, 5.41) is 3.50. The summed E-state index contributed by atoms with van der Waals surface area (Å²) in [6, 6.07) is 0. The third-order valence-corrected chi connectivity index (χ3v) is 4.52. The van der Waals surface area contributed by atoms with Gasteiger partial charge in [-0.3, -0.25) is 4.99 Å². The Morgan fingerprint density at radius 3 is 2.67 bits per heavy atom. The molecular weight excluding hydrogens is 381 g/mol. The van der Waals surface area contributed by atoms with Crippen LogP contribution < -0.4 is 5.32 Å². The number of aliphatic imine (C=N–C) groups is 1. The van der Waals surface area contributed by atoms with Crippen molar-refractivity contribution < 1.29 is 9.47 Å². The molecule has 0 spiro atoms. The standard InChI is InChI=1S/C15H27N3O2.HI/c1-16-15(17-7-6-12-4-5-12)18-8-10-20-14(11-18)13-3-2-9-19-13;/h12-14H,2-11H2,1H3,(H,16,17);1H. The molecule has 2 aliphatic heterocycles. The van der Waals surface area contributed by atoms with E-state index in [1.165, 1.54) is 25.7 Å². The molecule has 3 aliphatic rings. The van der Waals surface area contributed by atoms with Gasteiger partial charge in [0.25, 0.3) is 0 Å². The molecular formula is C15H28IN3O2. The van der Waals surface area contributed by atoms with Gasteiger partial charge in [-0.1, -0.05) is 12.8 Å². The monoisotopic (exact) mass is 409 g/mol. The molecule has 2 atom stereocenters. The lowest BCUT2D eigenvalue weighted by atomic mass is 10.1. The third-order valence-electron chi connectivity index (χ3n) is 4.52. The van der Waals surface area contributed by atoms with Crippen LogP contribution in [0.1, 0.15) is 32.1 Å². The lowest BCUT2D eigenvalue weighted by Crippen LogP contribution is -2.53. The molecule has 21 heavy (non-hydrogen) atoms. The van der Waals surface area contributed by atoms with Crippen molar-refractivity contribution in [1.82, 2.24) is 10.2 Å². The fourth-order valence-electron chi connectivity index (χ4n) is 3.12. The Hall–Kier alpha value is -0.0800. The molecule has 0 radical (unpaired) electrons. The number of hydrogen-bond acceptors (Lipinski definition) is 3. The molecule has 3 fully saturated rings. The van der Waals surface area contributed by atoms with Gasteiger partial charge in [0.1, 0.15) is 6.10 Å². The molecule has 2 saturated heterocycles. The second kappa shape index (κ2) is 8.53. The summed E-state index contributed by atoms with van der Waals surface area (Å²) in [5.74, 6) is 1.99. The Labute approximate surface area is 144 Å². The van der Waals surface area contributed by atoms with E-state index in [2.05, 4.69) is 15.2 Å². The van der Waals surface area contributed by atoms with E-state index in [0.29, 0.717) is 0 Å². The zero-order valence-corrected chi connectivity index (χ0v) is 15.3. The van der Waals surface area contributed by atoms with E-state index >= 15 is 0 Å². The van der Waals surface area contributed by atoms with Crippen LogP contribution in [0, 0.1) is 5.92 Å². The Morgan fingerprint density at radius 1 is 1.19 bits per heavy atom. The van der Waals surface area contributed by atoms with Crippen molar-refractivity contribution in [2.75, 3.05) is 39.9 Å². The Balaban J connectivity index is 0.00000161. The molecule has 3 rings (SSSR count). The van der Waals surface area contributed by atoms with Gasteiger partial charge in [-0.2, -0.15) is 0 Å². The van der Waals surface area contributed by atoms with Crippen LogP contribution in [0.3, 0.4) is 0 Å². The first-order valence-corrected chi connectivity index (χ1v) is 8.05. The molecule has 2 unspecified atom stereocenters. The lowest BCUT2D eigenvalue weighted by molar-refractivity contribution is -0.0816. The molecule has 0 aromatic heterocycles. The van der Waals surface area contributed by atoms with E-state index in [0.717, 1.165) is 51.1 Å². The summed E-state index contributed by atoms with van der Waals surface area (Å²) in [6.07, 6.45) is 6.89. The molecule has 0 amide bonds. The number of morpholine rings is 1. The molecule has 0 aromatic rings. The Kier molecular flexibility index (Phi) is 7.01. The zero-order chi connectivity index (χ0) is 13.8. The van der Waals surface area contributed by atoms with Gasteiger partial charge in [0.05, 0.1) is 12.7 Å². The van der Waals surface area contributed by atoms with Crippen LogP contribution in [-0.4, -0.2) is 63.0 Å². The Bertz CT molecular complexity index is 344. The minimum Gasteiger partial charge on any atom is -0.375 e. The minimum absolute atomic E-state index is 0. The van der Waals surface area contributed by atoms with Crippen molar-refractivity contribution in [1.29, 1.82) is 0 Å². The first kappa shape index (κ1) is 17.3. The van der Waals surface area contributed by atoms with Crippen LogP contribution in [-0.2, 0) is 9.47 Å². The highest BCUT2D eigenvalue weighted by Gasteiger charge is 2.32. The van der Waals surface area contributed by atoms with Gasteiger partial charge in [-0.15, -0.1) is 24.0 Å². The van der Waals surface area contributed by atoms with Crippen molar-refractivity contribution in [3.05, 3.63) is 0 Å². The zero-order valence-electron chi connectivity index (χ0n) is 12.9. The van der Waals surface area contributed by atoms with Crippen molar-refractivity contribution in [3.8, 4) is 0 Å². The number of hydrogen-bond donors (Lipinski definition) is 1. The maximum absolute atomic E-state index is 5.89. The van der Waals surface area contributed by atoms with Crippen LogP contribution in [0.25, 0.3) is 0 Å². The molecule has 6 heteroatoms. The number of halogens is 1. The number of guanidine groups is 1. The summed E-state index contributed by atoms with van der Waals surface area (Å²) in [7, 11) is 1.87. The maximum atomic E-state index is 5.89. The molecule has 5 nitrogen and oxygen atoms in total. The fraction of sp³-hybridized carbons (Fsp3) is 0.933. The van der Waals surface area contributed by atoms with Crippen molar-refractivity contribution in [3.63, 3.8) is 0 Å². The second-order valence-electron chi connectivity index (χ2n) is 6.11. The van der Waals surface area contributed by atoms with Crippen LogP contribution >= 0.6 is 24.0 Å². The fourth-order valence-corrected chi connectivity index (χ4v) is 3.12. The van der Waals surface area contributed by atoms with Crippen LogP contribution in [0.2, 0.25) is 0 Å². The predicted octanol–water partition coefficient (Wildman–Crippen LogP) is 1.86. The highest BCUT2D eigenvalue weighted by atomic mass is 127. The molecule has 1 N–H and O–H groups in total. The summed E-state index contributed by atoms with van der Waals surface area (Å²) in [5.41, 5.74) is 0. The molecule has 2 heterocycles. The van der Waals surface area contributed by atoms with Gasteiger partial charge in [-0.05, 0) is 25.2 Å². The number of nitrogens with zero attached hydrogens (tertiary/aromatic N) is 2. The van der Waals surface area contributed by atoms with E-state index in [9.17, 15) is 0 Å². The SMILES string of the molecule is CN=C(NCCC1CC1)N1CCOC(C2CCCO2)C1.I. The molecule has 122 valence electrons. The first-order chi connectivity index (χ1) is 9.86. The first-order valence-electron chi connectivity index (χ1n) is 8.05. The van der Waals surface area contributed by atoms with Gasteiger partial charge in [0.15, 0.2) is 5.96 Å². The second-order valence-corrected chi connectivity index (χ2v) is 6.11. The van der Waals surface area contributed by atoms with Gasteiger partial charge in [0, 0.05) is 33.3 Å². The van der Waals surface area contributed by atoms with Crippen molar-refractivity contribution >= 4 is 29.9 Å². The topological polar surface area (TPSA) is 46.1 Å². The maximum Gasteiger partial charge on any atom is 0.193 e. The van der Waals surface area contributed by atoms with Gasteiger partial charge >= 0.3 is 0 Å². The number of nitrogens with one attached hydrogen (secondary N) is 1. The normalized spacial score (nSPS) is 30.1. The van der Waals surface area contributed by atoms with Crippen LogP contribution in [0.5, 0.6) is 0 Å². The Morgan fingerprint density at radius 2 is 2.00 bits per heavy atom. The van der Waals surface area contributed by atoms with Crippen molar-refractivity contribution in [2.24, 2.45) is 10.9 Å². The number of rotatable bonds is 4. The average Bonchev–Trinajstić information content (AvgIpc) is 3.14. The molecule has 0 aromatic carbocycles. The summed E-state index contributed by atoms with van der Waals surface area (Å²) < 4.78 is 11.7. The van der Waals surface area contributed by atoms with Crippen LogP contribution in [0.15, 0.2) is 4.99 Å². The van der Waals surface area contributed by atoms with Crippen molar-refractivity contribution in [2.45, 2.75) is 44.3 Å². The lowest BCUT2D eigenvalue weighted by Gasteiger charge is -2.37. The van der Waals surface area contributed by atoms with Gasteiger partial charge in [-0.25, -0.2) is 0 Å². The highest BCUT2D eigenvalue weighted by Crippen LogP contribution is 2.31. The molecule has 1 saturated carbocycles. The van der Waals surface area contributed by atoms with E-state index in [1.54, 1.807) is 0 Å². The summed E-state index contributed by atoms with van der Waals surface area (Å²) >= 11 is 0. The summed E-state index contributed by atoms with van der Waals surface area (Å²) in [6.45, 7) is 4.52. The third kappa shape index (κ3) is 4.96. The largest absolute Gasteiger partial charge is 0.375 e. The van der Waals surface area contributed by atoms with Gasteiger partial charge in [0.2, 0.25) is 0 Å². The number of ether oxygens (including phenoxy) is 2. The van der Waals surface area contributed by atoms with E-state index in [-0.39, 0.29) is 36.2 Å². The average molecular weight is 409 g/mol. The van der Waals surface area contributed by atoms with E-state index in [4.69, 9.17) is 9.47 Å². The quantitative estimate of drug-likeness (QED) is 0.438.